The predicted molar refractivity (Wildman–Crippen MR) is 166 cm³/mol. The maximum Gasteiger partial charge on any atom is 0.269 e. The Morgan fingerprint density at radius 3 is 2.12 bits per heavy atom. The molecular weight excluding hydrogens is 569 g/mol. The molecule has 6 nitrogen and oxygen atoms in total. The number of hydrogen-bond donors (Lipinski definition) is 3. The number of rotatable bonds is 11. The van der Waals surface area contributed by atoms with Crippen molar-refractivity contribution in [3.05, 3.63) is 86.4 Å². The Labute approximate surface area is 251 Å². The van der Waals surface area contributed by atoms with E-state index in [1.807, 2.05) is 6.07 Å². The molecule has 0 aliphatic carbocycles. The molecule has 0 saturated carbocycles. The van der Waals surface area contributed by atoms with Crippen molar-refractivity contribution in [3.63, 3.8) is 0 Å². The third-order valence-electron chi connectivity index (χ3n) is 7.33. The third kappa shape index (κ3) is 7.84. The first-order valence-electron chi connectivity index (χ1n) is 13.2. The number of hydrazine groups is 1. The van der Waals surface area contributed by atoms with Gasteiger partial charge in [0.1, 0.15) is 5.75 Å². The van der Waals surface area contributed by atoms with Gasteiger partial charge in [-0.05, 0) is 65.6 Å². The van der Waals surface area contributed by atoms with Crippen molar-refractivity contribution < 1.29 is 14.3 Å². The number of nitrogens with one attached hydrogen (secondary N) is 3. The average Bonchev–Trinajstić information content (AvgIpc) is 2.91. The lowest BCUT2D eigenvalue weighted by molar-refractivity contribution is -0.118. The van der Waals surface area contributed by atoms with Crippen molar-refractivity contribution >= 4 is 58.0 Å². The molecule has 2 amide bonds. The van der Waals surface area contributed by atoms with Crippen LogP contribution in [0.2, 0.25) is 15.1 Å². The van der Waals surface area contributed by atoms with E-state index in [1.54, 1.807) is 24.3 Å². The van der Waals surface area contributed by atoms with E-state index in [0.29, 0.717) is 27.7 Å². The highest BCUT2D eigenvalue weighted by atomic mass is 35.5. The fraction of sp³-hybridized carbons (Fsp3) is 0.355. The first-order chi connectivity index (χ1) is 18.8. The minimum atomic E-state index is -0.448. The molecule has 214 valence electrons. The van der Waals surface area contributed by atoms with Gasteiger partial charge in [-0.15, -0.1) is 0 Å². The molecule has 0 radical (unpaired) electrons. The van der Waals surface area contributed by atoms with Gasteiger partial charge >= 0.3 is 0 Å². The highest BCUT2D eigenvalue weighted by molar-refractivity contribution is 6.41. The second-order valence-corrected chi connectivity index (χ2v) is 12.2. The predicted octanol–water partition coefficient (Wildman–Crippen LogP) is 8.80. The molecule has 3 aromatic rings. The van der Waals surface area contributed by atoms with Crippen LogP contribution in [0.15, 0.2) is 54.6 Å². The smallest absolute Gasteiger partial charge is 0.269 e. The summed E-state index contributed by atoms with van der Waals surface area (Å²) >= 11 is 18.2. The molecule has 0 spiro atoms. The van der Waals surface area contributed by atoms with E-state index in [0.717, 1.165) is 18.4 Å². The van der Waals surface area contributed by atoms with Gasteiger partial charge in [-0.25, -0.2) is 0 Å². The third-order valence-corrected chi connectivity index (χ3v) is 8.15. The van der Waals surface area contributed by atoms with Gasteiger partial charge in [0.25, 0.3) is 11.8 Å². The summed E-state index contributed by atoms with van der Waals surface area (Å²) in [4.78, 5) is 25.5. The quantitative estimate of drug-likeness (QED) is 0.191. The Hall–Kier alpha value is -2.93. The number of carbonyl (C=O) groups excluding carboxylic acids is 2. The lowest BCUT2D eigenvalue weighted by Crippen LogP contribution is -2.29. The normalized spacial score (nSPS) is 11.6. The summed E-state index contributed by atoms with van der Waals surface area (Å²) in [5.74, 6) is -0.0963. The fourth-order valence-electron chi connectivity index (χ4n) is 3.93. The molecule has 40 heavy (non-hydrogen) atoms. The summed E-state index contributed by atoms with van der Waals surface area (Å²) in [6, 6.07) is 15.8. The Balaban J connectivity index is 1.67. The van der Waals surface area contributed by atoms with Crippen molar-refractivity contribution in [2.45, 2.75) is 65.2 Å². The van der Waals surface area contributed by atoms with Crippen LogP contribution < -0.4 is 20.9 Å². The van der Waals surface area contributed by atoms with E-state index in [2.05, 4.69) is 69.8 Å². The molecule has 0 aliphatic rings. The van der Waals surface area contributed by atoms with Crippen LogP contribution in [0.1, 0.15) is 75.9 Å². The number of hydrogen-bond acceptors (Lipinski definition) is 4. The number of anilines is 2. The van der Waals surface area contributed by atoms with Gasteiger partial charge in [-0.1, -0.05) is 94.5 Å². The van der Waals surface area contributed by atoms with Gasteiger partial charge in [-0.2, -0.15) is 0 Å². The van der Waals surface area contributed by atoms with E-state index in [9.17, 15) is 9.59 Å². The zero-order valence-corrected chi connectivity index (χ0v) is 25.9. The molecule has 3 N–H and O–H groups in total. The first-order valence-corrected chi connectivity index (χ1v) is 14.3. The van der Waals surface area contributed by atoms with Gasteiger partial charge in [0.15, 0.2) is 6.61 Å². The largest absolute Gasteiger partial charge is 0.483 e. The van der Waals surface area contributed by atoms with Crippen molar-refractivity contribution in [2.24, 2.45) is 0 Å². The molecular formula is C31H36Cl3N3O3. The molecule has 0 unspecified atom stereocenters. The van der Waals surface area contributed by atoms with E-state index < -0.39 is 5.91 Å². The molecule has 0 atom stereocenters. The lowest BCUT2D eigenvalue weighted by Gasteiger charge is -2.30. The molecule has 0 aliphatic heterocycles. The number of ether oxygens (including phenoxy) is 1. The van der Waals surface area contributed by atoms with E-state index in [1.165, 1.54) is 17.7 Å². The highest BCUT2D eigenvalue weighted by Crippen LogP contribution is 2.38. The number of carbonyl (C=O) groups is 2. The van der Waals surface area contributed by atoms with Crippen molar-refractivity contribution in [1.29, 1.82) is 0 Å². The molecule has 0 heterocycles. The number of benzene rings is 3. The Kier molecular flexibility index (Phi) is 10.4. The van der Waals surface area contributed by atoms with Gasteiger partial charge in [0.05, 0.1) is 15.7 Å². The molecule has 0 aromatic heterocycles. The summed E-state index contributed by atoms with van der Waals surface area (Å²) in [6.45, 7) is 13.0. The zero-order valence-electron chi connectivity index (χ0n) is 23.7. The van der Waals surface area contributed by atoms with Gasteiger partial charge in [-0.3, -0.25) is 20.4 Å². The summed E-state index contributed by atoms with van der Waals surface area (Å²) in [6.07, 6.45) is 1.93. The van der Waals surface area contributed by atoms with Crippen LogP contribution >= 0.6 is 34.8 Å². The van der Waals surface area contributed by atoms with E-state index in [4.69, 9.17) is 39.5 Å². The number of amides is 2. The summed E-state index contributed by atoms with van der Waals surface area (Å²) in [5.41, 5.74) is 8.59. The molecule has 0 saturated heterocycles. The standard InChI is InChI=1S/C31H36Cl3N3O3/c1-7-30(3,4)20-12-13-26(23(15-20)31(5,6)8-2)40-18-27(38)35-22-11-9-10-19(14-22)29(39)37-36-28-24(33)16-21(32)17-25(28)34/h9-17,36H,7-8,18H2,1-6H3,(H,35,38)(H,37,39). The second kappa shape index (κ2) is 13.2. The van der Waals surface area contributed by atoms with Crippen molar-refractivity contribution in [3.8, 4) is 5.75 Å². The van der Waals surface area contributed by atoms with Crippen LogP contribution in [0.4, 0.5) is 11.4 Å². The maximum atomic E-state index is 12.8. The minimum Gasteiger partial charge on any atom is -0.483 e. The van der Waals surface area contributed by atoms with E-state index >= 15 is 0 Å². The zero-order chi connectivity index (χ0) is 29.7. The van der Waals surface area contributed by atoms with Crippen molar-refractivity contribution in [2.75, 3.05) is 17.3 Å². The van der Waals surface area contributed by atoms with Crippen LogP contribution in [-0.2, 0) is 15.6 Å². The molecule has 0 fully saturated rings. The molecule has 9 heteroatoms. The molecule has 0 bridgehead atoms. The van der Waals surface area contributed by atoms with Crippen molar-refractivity contribution in [1.82, 2.24) is 5.43 Å². The maximum absolute atomic E-state index is 12.8. The number of halogens is 3. The topological polar surface area (TPSA) is 79.5 Å². The van der Waals surface area contributed by atoms with E-state index in [-0.39, 0.29) is 33.4 Å². The molecule has 3 aromatic carbocycles. The van der Waals surface area contributed by atoms with Crippen LogP contribution in [0, 0.1) is 0 Å². The van der Waals surface area contributed by atoms with Crippen LogP contribution in [-0.4, -0.2) is 18.4 Å². The second-order valence-electron chi connectivity index (χ2n) is 10.9. The van der Waals surface area contributed by atoms with Gasteiger partial charge in [0.2, 0.25) is 0 Å². The summed E-state index contributed by atoms with van der Waals surface area (Å²) < 4.78 is 6.02. The van der Waals surface area contributed by atoms with Crippen LogP contribution in [0.25, 0.3) is 0 Å². The first kappa shape index (κ1) is 31.6. The Morgan fingerprint density at radius 2 is 1.50 bits per heavy atom. The van der Waals surface area contributed by atoms with Gasteiger partial charge < -0.3 is 10.1 Å². The van der Waals surface area contributed by atoms with Gasteiger partial charge in [0, 0.05) is 21.8 Å². The Bertz CT molecular complexity index is 1370. The van der Waals surface area contributed by atoms with Crippen LogP contribution in [0.3, 0.4) is 0 Å². The molecule has 3 rings (SSSR count). The summed E-state index contributed by atoms with van der Waals surface area (Å²) in [5, 5.41) is 3.69. The monoisotopic (exact) mass is 603 g/mol. The summed E-state index contributed by atoms with van der Waals surface area (Å²) in [7, 11) is 0. The average molecular weight is 605 g/mol. The highest BCUT2D eigenvalue weighted by Gasteiger charge is 2.27. The minimum absolute atomic E-state index is 0.0364. The fourth-order valence-corrected chi connectivity index (χ4v) is 4.84. The lowest BCUT2D eigenvalue weighted by atomic mass is 9.76. The van der Waals surface area contributed by atoms with Crippen LogP contribution in [0.5, 0.6) is 5.75 Å². The Morgan fingerprint density at radius 1 is 0.850 bits per heavy atom. The SMILES string of the molecule is CCC(C)(C)c1ccc(OCC(=O)Nc2cccc(C(=O)NNc3c(Cl)cc(Cl)cc3Cl)c2)c(C(C)(C)CC)c1.